The fraction of sp³-hybridized carbons (Fsp3) is 0.349. The second-order valence-electron chi connectivity index (χ2n) is 15.5. The Labute approximate surface area is 379 Å². The molecule has 0 saturated carbocycles. The van der Waals surface area contributed by atoms with Gasteiger partial charge in [-0.15, -0.1) is 10.2 Å². The number of nitrogen functional groups attached to an aromatic ring is 2. The Morgan fingerprint density at radius 1 is 0.636 bits per heavy atom. The highest BCUT2D eigenvalue weighted by Gasteiger charge is 2.19. The van der Waals surface area contributed by atoms with Crippen molar-refractivity contribution in [3.8, 4) is 23.2 Å². The van der Waals surface area contributed by atoms with Crippen molar-refractivity contribution in [2.75, 3.05) is 73.2 Å². The SMILES string of the molecule is CS(=O)(=O)c1nc(N)n2nc(-c3ccco3)nc2n1.NCCc1ccc(NC2CCOCC2)cc1.Nc1nc(NCCc2ccc(NC3CCOCC3)cc2)nc2nc(-c3ccco3)nn12. The van der Waals surface area contributed by atoms with Crippen molar-refractivity contribution in [1.82, 2.24) is 49.1 Å². The number of fused-ring (bicyclic) bond motifs is 2. The molecule has 6 aromatic heterocycles. The van der Waals surface area contributed by atoms with E-state index in [0.29, 0.717) is 54.2 Å². The average Bonchev–Trinajstić information content (AvgIpc) is 4.17. The third-order valence-corrected chi connectivity index (χ3v) is 11.3. The standard InChI is InChI=1S/C21H24N8O2.C13H20N2O.C9H8N6O3S/c22-19-26-20(27-21-25-18(28-29(19)21)17-2-1-11-31-17)23-10-7-14-3-5-15(6-4-14)24-16-8-12-30-13-9-16;14-8-5-11-1-3-12(4-2-11)15-13-6-9-16-10-7-13;1-19(16,17)9-12-7(10)15-8(13-9)11-6(14-15)5-3-2-4-18-5/h1-6,11,16,24H,7-10,12-13H2,(H3,22,23,25,26,27,28);1-4,13,15H,5-10,14H2;2-4H,1H3,(H2,10,11,12,13,14). The van der Waals surface area contributed by atoms with Crippen LogP contribution in [0.1, 0.15) is 36.8 Å². The molecule has 2 saturated heterocycles. The summed E-state index contributed by atoms with van der Waals surface area (Å²) in [6.07, 6.45) is 10.1. The van der Waals surface area contributed by atoms with E-state index in [0.717, 1.165) is 81.4 Å². The zero-order chi connectivity index (χ0) is 45.9. The number of benzene rings is 2. The quantitative estimate of drug-likeness (QED) is 0.0946. The van der Waals surface area contributed by atoms with Gasteiger partial charge >= 0.3 is 0 Å². The van der Waals surface area contributed by atoms with Gasteiger partial charge in [0, 0.05) is 62.7 Å². The molecular formula is C43H52N16O6S. The summed E-state index contributed by atoms with van der Waals surface area (Å²) in [5, 5.41) is 18.3. The van der Waals surface area contributed by atoms with Gasteiger partial charge in [-0.1, -0.05) is 24.3 Å². The number of nitrogens with zero attached hydrogens (tertiary/aromatic N) is 10. The molecule has 8 heterocycles. The first kappa shape index (κ1) is 45.4. The minimum Gasteiger partial charge on any atom is -0.461 e. The van der Waals surface area contributed by atoms with E-state index in [-0.39, 0.29) is 23.5 Å². The number of furan rings is 2. The van der Waals surface area contributed by atoms with Gasteiger partial charge in [0.25, 0.3) is 16.7 Å². The fourth-order valence-electron chi connectivity index (χ4n) is 7.03. The van der Waals surface area contributed by atoms with Gasteiger partial charge in [-0.05, 0) is 105 Å². The molecule has 10 rings (SSSR count). The number of rotatable bonds is 13. The Morgan fingerprint density at radius 2 is 1.12 bits per heavy atom. The van der Waals surface area contributed by atoms with Crippen LogP contribution in [0.15, 0.2) is 99.3 Å². The average molecular weight is 921 g/mol. The monoisotopic (exact) mass is 920 g/mol. The van der Waals surface area contributed by atoms with E-state index < -0.39 is 15.0 Å². The molecule has 66 heavy (non-hydrogen) atoms. The van der Waals surface area contributed by atoms with Gasteiger partial charge in [0.05, 0.1) is 12.5 Å². The van der Waals surface area contributed by atoms with Gasteiger partial charge in [0.1, 0.15) is 0 Å². The Balaban J connectivity index is 0.000000145. The minimum atomic E-state index is -3.57. The van der Waals surface area contributed by atoms with Crippen molar-refractivity contribution in [3.05, 3.63) is 96.4 Å². The van der Waals surface area contributed by atoms with Crippen molar-refractivity contribution in [2.24, 2.45) is 5.73 Å². The number of nitrogens with two attached hydrogens (primary N) is 3. The summed E-state index contributed by atoms with van der Waals surface area (Å²) in [7, 11) is -3.57. The first-order valence-electron chi connectivity index (χ1n) is 21.5. The van der Waals surface area contributed by atoms with Crippen LogP contribution in [-0.2, 0) is 32.2 Å². The van der Waals surface area contributed by atoms with E-state index in [4.69, 9.17) is 35.5 Å². The lowest BCUT2D eigenvalue weighted by molar-refractivity contribution is 0.0903. The van der Waals surface area contributed by atoms with Crippen molar-refractivity contribution >= 4 is 50.6 Å². The van der Waals surface area contributed by atoms with Crippen LogP contribution in [0.5, 0.6) is 0 Å². The molecule has 0 radical (unpaired) electrons. The van der Waals surface area contributed by atoms with Crippen molar-refractivity contribution < 1.29 is 26.7 Å². The lowest BCUT2D eigenvalue weighted by Gasteiger charge is -2.24. The number of hydrogen-bond donors (Lipinski definition) is 6. The van der Waals surface area contributed by atoms with Gasteiger partial charge in [-0.3, -0.25) is 0 Å². The highest BCUT2D eigenvalue weighted by molar-refractivity contribution is 7.90. The summed E-state index contributed by atoms with van der Waals surface area (Å²) in [5.74, 6) is 2.55. The number of nitrogens with one attached hydrogen (secondary N) is 3. The zero-order valence-corrected chi connectivity index (χ0v) is 37.1. The fourth-order valence-corrected chi connectivity index (χ4v) is 7.54. The summed E-state index contributed by atoms with van der Waals surface area (Å²) in [6.45, 7) is 4.80. The molecule has 346 valence electrons. The number of anilines is 5. The maximum atomic E-state index is 11.4. The van der Waals surface area contributed by atoms with Crippen LogP contribution < -0.4 is 33.2 Å². The molecule has 9 N–H and O–H groups in total. The van der Waals surface area contributed by atoms with Gasteiger partial charge in [0.2, 0.25) is 39.3 Å². The molecule has 0 amide bonds. The first-order chi connectivity index (χ1) is 32.1. The van der Waals surface area contributed by atoms with Gasteiger partial charge in [-0.2, -0.15) is 38.9 Å². The van der Waals surface area contributed by atoms with Crippen LogP contribution >= 0.6 is 0 Å². The van der Waals surface area contributed by atoms with Crippen LogP contribution in [0.3, 0.4) is 0 Å². The second-order valence-corrected chi connectivity index (χ2v) is 17.4. The minimum absolute atomic E-state index is 0.0410. The summed E-state index contributed by atoms with van der Waals surface area (Å²) in [5.41, 5.74) is 22.1. The smallest absolute Gasteiger partial charge is 0.259 e. The highest BCUT2D eigenvalue weighted by atomic mass is 32.2. The van der Waals surface area contributed by atoms with E-state index in [1.165, 1.54) is 27.6 Å². The molecule has 0 bridgehead atoms. The first-order valence-corrected chi connectivity index (χ1v) is 23.4. The molecule has 23 heteroatoms. The van der Waals surface area contributed by atoms with Crippen molar-refractivity contribution in [2.45, 2.75) is 55.8 Å². The molecule has 0 aliphatic carbocycles. The van der Waals surface area contributed by atoms with E-state index in [1.54, 1.807) is 30.5 Å². The van der Waals surface area contributed by atoms with Gasteiger partial charge < -0.3 is 51.5 Å². The van der Waals surface area contributed by atoms with Gasteiger partial charge in [-0.25, -0.2) is 8.42 Å². The molecule has 2 aromatic carbocycles. The molecule has 22 nitrogen and oxygen atoms in total. The van der Waals surface area contributed by atoms with Crippen LogP contribution in [-0.4, -0.2) is 115 Å². The van der Waals surface area contributed by atoms with Crippen LogP contribution in [0.25, 0.3) is 34.7 Å². The van der Waals surface area contributed by atoms with E-state index >= 15 is 0 Å². The van der Waals surface area contributed by atoms with E-state index in [1.807, 2.05) is 0 Å². The van der Waals surface area contributed by atoms with E-state index in [9.17, 15) is 8.42 Å². The van der Waals surface area contributed by atoms with Gasteiger partial charge in [0.15, 0.2) is 11.5 Å². The topological polar surface area (TPSA) is 305 Å². The lowest BCUT2D eigenvalue weighted by Crippen LogP contribution is -2.27. The van der Waals surface area contributed by atoms with Crippen molar-refractivity contribution in [3.63, 3.8) is 0 Å². The van der Waals surface area contributed by atoms with Crippen LogP contribution in [0.2, 0.25) is 0 Å². The predicted octanol–water partition coefficient (Wildman–Crippen LogP) is 4.15. The molecule has 2 fully saturated rings. The Morgan fingerprint density at radius 3 is 1.59 bits per heavy atom. The third-order valence-electron chi connectivity index (χ3n) is 10.5. The molecular weight excluding hydrogens is 869 g/mol. The normalized spacial score (nSPS) is 14.6. The molecule has 0 unspecified atom stereocenters. The maximum Gasteiger partial charge on any atom is 0.259 e. The number of aromatic nitrogens is 10. The molecule has 0 atom stereocenters. The molecule has 0 spiro atoms. The summed E-state index contributed by atoms with van der Waals surface area (Å²) in [4.78, 5) is 24.6. The van der Waals surface area contributed by atoms with Crippen LogP contribution in [0.4, 0.5) is 29.2 Å². The number of hydrogen-bond acceptors (Lipinski definition) is 20. The summed E-state index contributed by atoms with van der Waals surface area (Å²) < 4.78 is 46.6. The Bertz CT molecular complexity index is 2880. The third kappa shape index (κ3) is 11.9. The molecule has 8 aromatic rings. The number of sulfone groups is 1. The highest BCUT2D eigenvalue weighted by Crippen LogP contribution is 2.21. The molecule has 2 aliphatic rings. The lowest BCUT2D eigenvalue weighted by atomic mass is 10.1. The largest absolute Gasteiger partial charge is 0.461 e. The zero-order valence-electron chi connectivity index (χ0n) is 36.3. The summed E-state index contributed by atoms with van der Waals surface area (Å²) >= 11 is 0. The summed E-state index contributed by atoms with van der Waals surface area (Å²) in [6, 6.07) is 25.0. The van der Waals surface area contributed by atoms with Crippen molar-refractivity contribution in [1.29, 1.82) is 0 Å². The van der Waals surface area contributed by atoms with E-state index in [2.05, 4.69) is 105 Å². The van der Waals surface area contributed by atoms with Crippen LogP contribution in [0, 0.1) is 0 Å². The maximum absolute atomic E-state index is 11.4. The Hall–Kier alpha value is -7.21. The number of ether oxygens (including phenoxy) is 2. The predicted molar refractivity (Wildman–Crippen MR) is 247 cm³/mol. The Kier molecular flexibility index (Phi) is 14.6. The molecule has 2 aliphatic heterocycles. The second kappa shape index (κ2) is 21.2.